The van der Waals surface area contributed by atoms with Gasteiger partial charge in [-0.05, 0) is 61.1 Å². The average molecular weight is 463 g/mol. The summed E-state index contributed by atoms with van der Waals surface area (Å²) < 4.78 is 11.6. The van der Waals surface area contributed by atoms with Gasteiger partial charge in [0.1, 0.15) is 5.75 Å². The van der Waals surface area contributed by atoms with Crippen LogP contribution >= 0.6 is 0 Å². The van der Waals surface area contributed by atoms with Crippen molar-refractivity contribution in [1.82, 2.24) is 4.90 Å². The van der Waals surface area contributed by atoms with E-state index in [1.54, 1.807) is 7.11 Å². The Morgan fingerprint density at radius 2 is 1.88 bits per heavy atom. The van der Waals surface area contributed by atoms with Crippen LogP contribution in [0.15, 0.2) is 48.5 Å². The lowest BCUT2D eigenvalue weighted by atomic mass is 9.90. The molecule has 1 saturated carbocycles. The topological polar surface area (TPSA) is 67.9 Å². The van der Waals surface area contributed by atoms with Crippen molar-refractivity contribution < 1.29 is 19.1 Å². The molecular formula is C28H34N2O4. The molecule has 0 bridgehead atoms. The zero-order valence-corrected chi connectivity index (χ0v) is 19.9. The van der Waals surface area contributed by atoms with Crippen molar-refractivity contribution in [2.45, 2.75) is 57.2 Å². The highest BCUT2D eigenvalue weighted by Crippen LogP contribution is 2.42. The lowest BCUT2D eigenvalue weighted by Gasteiger charge is -2.35. The Morgan fingerprint density at radius 3 is 2.65 bits per heavy atom. The highest BCUT2D eigenvalue weighted by molar-refractivity contribution is 5.92. The summed E-state index contributed by atoms with van der Waals surface area (Å²) in [6, 6.07) is 15.5. The second kappa shape index (κ2) is 10.2. The number of likely N-dealkylation sites (tertiary alicyclic amines) is 1. The molecule has 3 atom stereocenters. The Balaban J connectivity index is 1.17. The summed E-state index contributed by atoms with van der Waals surface area (Å²) in [5.74, 6) is 1.72. The van der Waals surface area contributed by atoms with E-state index in [2.05, 4.69) is 16.3 Å². The number of methoxy groups -OCH3 is 1. The summed E-state index contributed by atoms with van der Waals surface area (Å²) in [5, 5.41) is 3.02. The molecule has 2 aromatic rings. The minimum absolute atomic E-state index is 0.00923. The molecule has 3 aliphatic rings. The van der Waals surface area contributed by atoms with Gasteiger partial charge in [0.05, 0.1) is 25.7 Å². The van der Waals surface area contributed by atoms with E-state index in [-0.39, 0.29) is 24.0 Å². The van der Waals surface area contributed by atoms with Crippen molar-refractivity contribution in [2.24, 2.45) is 11.8 Å². The number of rotatable bonds is 6. The van der Waals surface area contributed by atoms with E-state index in [9.17, 15) is 9.59 Å². The summed E-state index contributed by atoms with van der Waals surface area (Å²) in [7, 11) is 1.63. The molecule has 1 N–H and O–H groups in total. The maximum absolute atomic E-state index is 12.9. The maximum Gasteiger partial charge on any atom is 0.228 e. The van der Waals surface area contributed by atoms with E-state index in [1.807, 2.05) is 42.5 Å². The SMILES string of the molecule is COc1ccc(CC(=O)Nc2cccc(C3CC4CN(C(=O)C5CCCC5)CCC4O3)c2)cc1. The molecule has 34 heavy (non-hydrogen) atoms. The van der Waals surface area contributed by atoms with Gasteiger partial charge in [0, 0.05) is 30.6 Å². The van der Waals surface area contributed by atoms with Gasteiger partial charge in [0.25, 0.3) is 0 Å². The number of ether oxygens (including phenoxy) is 2. The van der Waals surface area contributed by atoms with E-state index < -0.39 is 0 Å². The summed E-state index contributed by atoms with van der Waals surface area (Å²) in [6.07, 6.45) is 6.85. The summed E-state index contributed by atoms with van der Waals surface area (Å²) in [5.41, 5.74) is 2.81. The van der Waals surface area contributed by atoms with Crippen LogP contribution in [0.3, 0.4) is 0 Å². The van der Waals surface area contributed by atoms with Crippen molar-refractivity contribution in [3.05, 3.63) is 59.7 Å². The first-order chi connectivity index (χ1) is 16.6. The second-order valence-corrected chi connectivity index (χ2v) is 9.91. The molecule has 180 valence electrons. The van der Waals surface area contributed by atoms with Gasteiger partial charge >= 0.3 is 0 Å². The third kappa shape index (κ3) is 5.12. The Kier molecular flexibility index (Phi) is 6.86. The number of amides is 2. The van der Waals surface area contributed by atoms with Crippen molar-refractivity contribution in [3.63, 3.8) is 0 Å². The van der Waals surface area contributed by atoms with Gasteiger partial charge in [0.2, 0.25) is 11.8 Å². The molecule has 2 aromatic carbocycles. The fourth-order valence-electron chi connectivity index (χ4n) is 5.75. The first kappa shape index (κ1) is 22.9. The zero-order chi connectivity index (χ0) is 23.5. The number of carbonyl (C=O) groups excluding carboxylic acids is 2. The highest BCUT2D eigenvalue weighted by atomic mass is 16.5. The van der Waals surface area contributed by atoms with Crippen LogP contribution < -0.4 is 10.1 Å². The Morgan fingerprint density at radius 1 is 1.09 bits per heavy atom. The molecular weight excluding hydrogens is 428 g/mol. The quantitative estimate of drug-likeness (QED) is 0.673. The lowest BCUT2D eigenvalue weighted by Crippen LogP contribution is -2.46. The third-order valence-corrected chi connectivity index (χ3v) is 7.60. The first-order valence-electron chi connectivity index (χ1n) is 12.6. The van der Waals surface area contributed by atoms with Crippen LogP contribution in [0.4, 0.5) is 5.69 Å². The fraction of sp³-hybridized carbons (Fsp3) is 0.500. The van der Waals surface area contributed by atoms with Crippen LogP contribution in [0.25, 0.3) is 0 Å². The Hall–Kier alpha value is -2.86. The Labute approximate surface area is 201 Å². The van der Waals surface area contributed by atoms with E-state index in [1.165, 1.54) is 12.8 Å². The third-order valence-electron chi connectivity index (χ3n) is 7.60. The van der Waals surface area contributed by atoms with Crippen LogP contribution in [-0.4, -0.2) is 43.0 Å². The number of nitrogens with zero attached hydrogens (tertiary/aromatic N) is 1. The van der Waals surface area contributed by atoms with Gasteiger partial charge in [-0.25, -0.2) is 0 Å². The zero-order valence-electron chi connectivity index (χ0n) is 19.9. The van der Waals surface area contributed by atoms with Crippen LogP contribution in [0.2, 0.25) is 0 Å². The summed E-state index contributed by atoms with van der Waals surface area (Å²) in [4.78, 5) is 27.6. The molecule has 0 radical (unpaired) electrons. The molecule has 2 aliphatic heterocycles. The molecule has 3 unspecified atom stereocenters. The van der Waals surface area contributed by atoms with Gasteiger partial charge in [-0.3, -0.25) is 9.59 Å². The predicted molar refractivity (Wildman–Crippen MR) is 131 cm³/mol. The molecule has 6 heteroatoms. The number of fused-ring (bicyclic) bond motifs is 1. The molecule has 0 aromatic heterocycles. The standard InChI is InChI=1S/C28H34N2O4/c1-33-24-11-9-19(10-12-24)15-27(31)29-23-8-4-7-21(16-23)26-17-22-18-30(14-13-25(22)34-26)28(32)20-5-2-3-6-20/h4,7-12,16,20,22,25-26H,2-3,5-6,13-15,17-18H2,1H3,(H,29,31). The summed E-state index contributed by atoms with van der Waals surface area (Å²) >= 11 is 0. The summed E-state index contributed by atoms with van der Waals surface area (Å²) in [6.45, 7) is 1.62. The molecule has 2 saturated heterocycles. The van der Waals surface area contributed by atoms with Crippen LogP contribution in [0.1, 0.15) is 55.8 Å². The second-order valence-electron chi connectivity index (χ2n) is 9.91. The van der Waals surface area contributed by atoms with Gasteiger partial charge in [-0.15, -0.1) is 0 Å². The fourth-order valence-corrected chi connectivity index (χ4v) is 5.75. The molecule has 2 amide bonds. The van der Waals surface area contributed by atoms with Crippen LogP contribution in [0.5, 0.6) is 5.75 Å². The maximum atomic E-state index is 12.9. The van der Waals surface area contributed by atoms with Gasteiger partial charge in [-0.1, -0.05) is 37.1 Å². The number of benzene rings is 2. The number of anilines is 1. The smallest absolute Gasteiger partial charge is 0.228 e. The lowest BCUT2D eigenvalue weighted by molar-refractivity contribution is -0.138. The largest absolute Gasteiger partial charge is 0.497 e. The van der Waals surface area contributed by atoms with Crippen molar-refractivity contribution >= 4 is 17.5 Å². The van der Waals surface area contributed by atoms with E-state index in [0.717, 1.165) is 61.3 Å². The van der Waals surface area contributed by atoms with Crippen molar-refractivity contribution in [3.8, 4) is 5.75 Å². The number of carbonyl (C=O) groups is 2. The van der Waals surface area contributed by atoms with E-state index in [0.29, 0.717) is 18.2 Å². The van der Waals surface area contributed by atoms with E-state index in [4.69, 9.17) is 9.47 Å². The van der Waals surface area contributed by atoms with Crippen molar-refractivity contribution in [1.29, 1.82) is 0 Å². The van der Waals surface area contributed by atoms with Gasteiger partial charge < -0.3 is 19.7 Å². The minimum Gasteiger partial charge on any atom is -0.497 e. The molecule has 6 nitrogen and oxygen atoms in total. The number of nitrogens with one attached hydrogen (secondary N) is 1. The molecule has 2 heterocycles. The Bertz CT molecular complexity index is 1020. The number of piperidine rings is 1. The predicted octanol–water partition coefficient (Wildman–Crippen LogP) is 4.75. The van der Waals surface area contributed by atoms with Gasteiger partial charge in [0.15, 0.2) is 0 Å². The minimum atomic E-state index is -0.0515. The normalized spacial score (nSPS) is 24.6. The van der Waals surface area contributed by atoms with Crippen molar-refractivity contribution in [2.75, 3.05) is 25.5 Å². The molecule has 1 aliphatic carbocycles. The molecule has 0 spiro atoms. The van der Waals surface area contributed by atoms with Gasteiger partial charge in [-0.2, -0.15) is 0 Å². The average Bonchev–Trinajstić information content (AvgIpc) is 3.54. The molecule has 3 fully saturated rings. The monoisotopic (exact) mass is 462 g/mol. The highest BCUT2D eigenvalue weighted by Gasteiger charge is 2.41. The number of hydrogen-bond donors (Lipinski definition) is 1. The van der Waals surface area contributed by atoms with E-state index >= 15 is 0 Å². The van der Waals surface area contributed by atoms with Crippen LogP contribution in [0, 0.1) is 11.8 Å². The first-order valence-corrected chi connectivity index (χ1v) is 12.6. The number of hydrogen-bond acceptors (Lipinski definition) is 4. The molecule has 5 rings (SSSR count). The van der Waals surface area contributed by atoms with Crippen LogP contribution in [-0.2, 0) is 20.7 Å².